The predicted molar refractivity (Wildman–Crippen MR) is 81.2 cm³/mol. The van der Waals surface area contributed by atoms with Gasteiger partial charge in [-0.15, -0.1) is 0 Å². The first-order chi connectivity index (χ1) is 10.1. The summed E-state index contributed by atoms with van der Waals surface area (Å²) in [4.78, 5) is 27.3. The van der Waals surface area contributed by atoms with E-state index in [1.165, 1.54) is 12.1 Å². The number of carbonyl (C=O) groups is 2. The number of benzene rings is 1. The Morgan fingerprint density at radius 1 is 1.05 bits per heavy atom. The minimum Gasteiger partial charge on any atom is -0.344 e. The molecule has 2 aromatic rings. The second-order valence-electron chi connectivity index (χ2n) is 4.12. The molecule has 0 unspecified atom stereocenters. The Kier molecular flexibility index (Phi) is 5.14. The van der Waals surface area contributed by atoms with Crippen LogP contribution in [0.25, 0.3) is 0 Å². The number of amides is 2. The molecule has 2 amide bonds. The van der Waals surface area contributed by atoms with Crippen LogP contribution in [0.1, 0.15) is 5.56 Å². The fourth-order valence-electron chi connectivity index (χ4n) is 1.54. The zero-order chi connectivity index (χ0) is 15.2. The Balaban J connectivity index is 1.94. The van der Waals surface area contributed by atoms with Crippen molar-refractivity contribution in [3.8, 4) is 0 Å². The van der Waals surface area contributed by atoms with Gasteiger partial charge in [-0.05, 0) is 35.9 Å². The number of nitrogens with zero attached hydrogens (tertiary/aromatic N) is 1. The standard InChI is InChI=1S/C14H11Cl2N3O2/c15-10-1-2-11(16)12(7-10)19-14(21)13(20)18-8-9-3-5-17-6-4-9/h1-7H,8H2,(H,18,20)(H,19,21). The van der Waals surface area contributed by atoms with E-state index in [2.05, 4.69) is 15.6 Å². The zero-order valence-corrected chi connectivity index (χ0v) is 12.3. The summed E-state index contributed by atoms with van der Waals surface area (Å²) in [5.41, 5.74) is 1.13. The number of carbonyl (C=O) groups excluding carboxylic acids is 2. The van der Waals surface area contributed by atoms with E-state index >= 15 is 0 Å². The summed E-state index contributed by atoms with van der Waals surface area (Å²) >= 11 is 11.7. The molecule has 5 nitrogen and oxygen atoms in total. The third-order valence-corrected chi connectivity index (χ3v) is 3.15. The highest BCUT2D eigenvalue weighted by Crippen LogP contribution is 2.25. The van der Waals surface area contributed by atoms with Gasteiger partial charge < -0.3 is 10.6 Å². The maximum absolute atomic E-state index is 11.8. The van der Waals surface area contributed by atoms with Crippen LogP contribution in [0.3, 0.4) is 0 Å². The molecule has 0 saturated carbocycles. The molecule has 0 bridgehead atoms. The van der Waals surface area contributed by atoms with Gasteiger partial charge in [-0.1, -0.05) is 23.2 Å². The number of anilines is 1. The van der Waals surface area contributed by atoms with Crippen LogP contribution >= 0.6 is 23.2 Å². The Morgan fingerprint density at radius 2 is 1.76 bits per heavy atom. The number of rotatable bonds is 3. The second kappa shape index (κ2) is 7.06. The number of nitrogens with one attached hydrogen (secondary N) is 2. The van der Waals surface area contributed by atoms with Gasteiger partial charge >= 0.3 is 11.8 Å². The number of halogens is 2. The van der Waals surface area contributed by atoms with Crippen molar-refractivity contribution in [2.45, 2.75) is 6.54 Å². The van der Waals surface area contributed by atoms with Gasteiger partial charge in [0.15, 0.2) is 0 Å². The molecule has 0 saturated heterocycles. The highest BCUT2D eigenvalue weighted by molar-refractivity contribution is 6.42. The van der Waals surface area contributed by atoms with Gasteiger partial charge in [-0.2, -0.15) is 0 Å². The minimum absolute atomic E-state index is 0.234. The quantitative estimate of drug-likeness (QED) is 0.853. The molecule has 0 spiro atoms. The summed E-state index contributed by atoms with van der Waals surface area (Å²) < 4.78 is 0. The smallest absolute Gasteiger partial charge is 0.313 e. The first kappa shape index (κ1) is 15.3. The molecule has 21 heavy (non-hydrogen) atoms. The molecule has 1 heterocycles. The normalized spacial score (nSPS) is 10.0. The van der Waals surface area contributed by atoms with E-state index in [4.69, 9.17) is 23.2 Å². The van der Waals surface area contributed by atoms with Crippen LogP contribution in [-0.2, 0) is 16.1 Å². The summed E-state index contributed by atoms with van der Waals surface area (Å²) in [5, 5.41) is 5.62. The van der Waals surface area contributed by atoms with E-state index in [0.717, 1.165) is 5.56 Å². The molecule has 0 atom stereocenters. The summed E-state index contributed by atoms with van der Waals surface area (Å²) in [6.07, 6.45) is 3.21. The van der Waals surface area contributed by atoms with Crippen molar-refractivity contribution in [1.29, 1.82) is 0 Å². The van der Waals surface area contributed by atoms with Crippen LogP contribution in [0.2, 0.25) is 10.0 Å². The number of hydrogen-bond acceptors (Lipinski definition) is 3. The van der Waals surface area contributed by atoms with E-state index in [1.807, 2.05) is 0 Å². The minimum atomic E-state index is -0.812. The Hall–Kier alpha value is -2.11. The lowest BCUT2D eigenvalue weighted by atomic mass is 10.2. The molecule has 2 N–H and O–H groups in total. The number of hydrogen-bond donors (Lipinski definition) is 2. The Bertz CT molecular complexity index is 663. The molecule has 108 valence electrons. The van der Waals surface area contributed by atoms with Crippen molar-refractivity contribution in [3.63, 3.8) is 0 Å². The average Bonchev–Trinajstić information content (AvgIpc) is 2.49. The molecule has 2 rings (SSSR count). The van der Waals surface area contributed by atoms with Gasteiger partial charge in [0.1, 0.15) is 0 Å². The van der Waals surface area contributed by atoms with Crippen molar-refractivity contribution < 1.29 is 9.59 Å². The first-order valence-corrected chi connectivity index (χ1v) is 6.75. The molecule has 0 aliphatic rings. The van der Waals surface area contributed by atoms with Crippen LogP contribution in [-0.4, -0.2) is 16.8 Å². The summed E-state index contributed by atoms with van der Waals surface area (Å²) in [5.74, 6) is -1.57. The van der Waals surface area contributed by atoms with Crippen LogP contribution in [0, 0.1) is 0 Å². The predicted octanol–water partition coefficient (Wildman–Crippen LogP) is 2.64. The summed E-state index contributed by atoms with van der Waals surface area (Å²) in [6, 6.07) is 8.08. The Morgan fingerprint density at radius 3 is 2.48 bits per heavy atom. The third kappa shape index (κ3) is 4.44. The van der Waals surface area contributed by atoms with Crippen molar-refractivity contribution in [2.75, 3.05) is 5.32 Å². The van der Waals surface area contributed by atoms with Gasteiger partial charge in [0.05, 0.1) is 10.7 Å². The first-order valence-electron chi connectivity index (χ1n) is 5.99. The lowest BCUT2D eigenvalue weighted by molar-refractivity contribution is -0.136. The van der Waals surface area contributed by atoms with Crippen LogP contribution in [0.5, 0.6) is 0 Å². The molecular weight excluding hydrogens is 313 g/mol. The molecule has 0 fully saturated rings. The maximum Gasteiger partial charge on any atom is 0.313 e. The van der Waals surface area contributed by atoms with Crippen LogP contribution < -0.4 is 10.6 Å². The average molecular weight is 324 g/mol. The molecule has 0 radical (unpaired) electrons. The lowest BCUT2D eigenvalue weighted by Crippen LogP contribution is -2.35. The Labute approximate surface area is 131 Å². The topological polar surface area (TPSA) is 71.1 Å². The third-order valence-electron chi connectivity index (χ3n) is 2.59. The summed E-state index contributed by atoms with van der Waals surface area (Å²) in [7, 11) is 0. The zero-order valence-electron chi connectivity index (χ0n) is 10.8. The van der Waals surface area contributed by atoms with Crippen molar-refractivity contribution in [1.82, 2.24) is 10.3 Å². The van der Waals surface area contributed by atoms with Gasteiger partial charge in [0.25, 0.3) is 0 Å². The number of pyridine rings is 1. The van der Waals surface area contributed by atoms with Crippen LogP contribution in [0.4, 0.5) is 5.69 Å². The molecule has 7 heteroatoms. The molecule has 1 aromatic heterocycles. The van der Waals surface area contributed by atoms with Crippen LogP contribution in [0.15, 0.2) is 42.7 Å². The molecule has 0 aliphatic carbocycles. The largest absolute Gasteiger partial charge is 0.344 e. The van der Waals surface area contributed by atoms with Gasteiger partial charge in [0, 0.05) is 24.0 Å². The highest BCUT2D eigenvalue weighted by Gasteiger charge is 2.15. The summed E-state index contributed by atoms with van der Waals surface area (Å²) in [6.45, 7) is 0.234. The molecule has 0 aliphatic heterocycles. The van der Waals surface area contributed by atoms with Crippen molar-refractivity contribution in [2.24, 2.45) is 0 Å². The van der Waals surface area contributed by atoms with Gasteiger partial charge in [-0.3, -0.25) is 14.6 Å². The molecule has 1 aromatic carbocycles. The number of aromatic nitrogens is 1. The van der Waals surface area contributed by atoms with E-state index in [1.54, 1.807) is 30.6 Å². The van der Waals surface area contributed by atoms with E-state index in [0.29, 0.717) is 10.0 Å². The highest BCUT2D eigenvalue weighted by atomic mass is 35.5. The van der Waals surface area contributed by atoms with Crippen molar-refractivity contribution in [3.05, 3.63) is 58.3 Å². The van der Waals surface area contributed by atoms with E-state index < -0.39 is 11.8 Å². The lowest BCUT2D eigenvalue weighted by Gasteiger charge is -2.08. The molecular formula is C14H11Cl2N3O2. The maximum atomic E-state index is 11.8. The van der Waals surface area contributed by atoms with Gasteiger partial charge in [0.2, 0.25) is 0 Å². The SMILES string of the molecule is O=C(NCc1ccncc1)C(=O)Nc1cc(Cl)ccc1Cl. The fourth-order valence-corrected chi connectivity index (χ4v) is 1.87. The van der Waals surface area contributed by atoms with Crippen molar-refractivity contribution >= 4 is 40.7 Å². The van der Waals surface area contributed by atoms with Gasteiger partial charge in [-0.25, -0.2) is 0 Å². The van der Waals surface area contributed by atoms with E-state index in [9.17, 15) is 9.59 Å². The second-order valence-corrected chi connectivity index (χ2v) is 4.96. The van der Waals surface area contributed by atoms with E-state index in [-0.39, 0.29) is 12.2 Å². The fraction of sp³-hybridized carbons (Fsp3) is 0.0714. The monoisotopic (exact) mass is 323 g/mol.